The van der Waals surface area contributed by atoms with Crippen LogP contribution in [0.5, 0.6) is 0 Å². The number of aryl methyl sites for hydroxylation is 3. The summed E-state index contributed by atoms with van der Waals surface area (Å²) in [6, 6.07) is 13.9. The maximum Gasteiger partial charge on any atom is 0.303 e. The summed E-state index contributed by atoms with van der Waals surface area (Å²) < 4.78 is 7.54. The van der Waals surface area contributed by atoms with Crippen molar-refractivity contribution < 1.29 is 14.4 Å². The van der Waals surface area contributed by atoms with Crippen LogP contribution in [0.4, 0.5) is 0 Å². The van der Waals surface area contributed by atoms with Gasteiger partial charge in [-0.2, -0.15) is 4.98 Å². The number of aliphatic carboxylic acids is 1. The number of carboxylic acids is 1. The molecule has 4 aromatic rings. The fourth-order valence-corrected chi connectivity index (χ4v) is 3.25. The topological polar surface area (TPSA) is 81.1 Å². The van der Waals surface area contributed by atoms with Crippen molar-refractivity contribution in [1.82, 2.24) is 14.7 Å². The van der Waals surface area contributed by atoms with Gasteiger partial charge in [0.1, 0.15) is 0 Å². The van der Waals surface area contributed by atoms with Gasteiger partial charge >= 0.3 is 5.97 Å². The number of nitrogens with zero attached hydrogens (tertiary/aromatic N) is 3. The zero-order valence-corrected chi connectivity index (χ0v) is 15.1. The first-order valence-corrected chi connectivity index (χ1v) is 8.72. The Balaban J connectivity index is 1.62. The first kappa shape index (κ1) is 17.0. The van der Waals surface area contributed by atoms with Gasteiger partial charge in [-0.15, -0.1) is 0 Å². The zero-order chi connectivity index (χ0) is 19.0. The molecular weight excluding hydrogens is 342 g/mol. The van der Waals surface area contributed by atoms with Gasteiger partial charge in [-0.05, 0) is 48.7 Å². The van der Waals surface area contributed by atoms with Gasteiger partial charge in [0.25, 0.3) is 5.89 Å². The molecule has 2 aromatic heterocycles. The van der Waals surface area contributed by atoms with E-state index in [0.29, 0.717) is 18.1 Å². The van der Waals surface area contributed by atoms with Gasteiger partial charge < -0.3 is 14.2 Å². The molecule has 136 valence electrons. The molecule has 0 aliphatic rings. The van der Waals surface area contributed by atoms with E-state index in [1.54, 1.807) is 0 Å². The largest absolute Gasteiger partial charge is 0.481 e. The minimum absolute atomic E-state index is 0.118. The van der Waals surface area contributed by atoms with Gasteiger partial charge in [0, 0.05) is 41.7 Å². The summed E-state index contributed by atoms with van der Waals surface area (Å²) in [4.78, 5) is 15.3. The van der Waals surface area contributed by atoms with E-state index in [9.17, 15) is 4.79 Å². The van der Waals surface area contributed by atoms with Crippen LogP contribution in [-0.2, 0) is 18.3 Å². The van der Waals surface area contributed by atoms with Crippen LogP contribution in [0.3, 0.4) is 0 Å². The van der Waals surface area contributed by atoms with Crippen molar-refractivity contribution in [1.29, 1.82) is 0 Å². The second-order valence-electron chi connectivity index (χ2n) is 6.67. The Morgan fingerprint density at radius 1 is 1.19 bits per heavy atom. The minimum atomic E-state index is -0.796. The average Bonchev–Trinajstić information content (AvgIpc) is 3.27. The molecule has 0 unspecified atom stereocenters. The highest BCUT2D eigenvalue weighted by Gasteiger charge is 2.14. The zero-order valence-electron chi connectivity index (χ0n) is 15.1. The molecule has 0 saturated carbocycles. The molecule has 6 nitrogen and oxygen atoms in total. The van der Waals surface area contributed by atoms with Crippen molar-refractivity contribution in [2.24, 2.45) is 7.05 Å². The predicted octanol–water partition coefficient (Wildman–Crippen LogP) is 4.22. The second-order valence-corrected chi connectivity index (χ2v) is 6.67. The SMILES string of the molecule is Cc1cc(CCC(=O)O)ccc1-c1noc(-c2ccc3c(ccn3C)c2)n1. The van der Waals surface area contributed by atoms with Gasteiger partial charge in [0.15, 0.2) is 0 Å². The van der Waals surface area contributed by atoms with Crippen LogP contribution in [0.1, 0.15) is 17.5 Å². The summed E-state index contributed by atoms with van der Waals surface area (Å²) in [7, 11) is 2.01. The van der Waals surface area contributed by atoms with E-state index >= 15 is 0 Å². The molecule has 0 radical (unpaired) electrons. The molecule has 0 fully saturated rings. The summed E-state index contributed by atoms with van der Waals surface area (Å²) in [6.45, 7) is 1.96. The Kier molecular flexibility index (Phi) is 4.24. The van der Waals surface area contributed by atoms with Crippen LogP contribution < -0.4 is 0 Å². The Hall–Kier alpha value is -3.41. The average molecular weight is 361 g/mol. The number of rotatable bonds is 5. The lowest BCUT2D eigenvalue weighted by molar-refractivity contribution is -0.136. The lowest BCUT2D eigenvalue weighted by Crippen LogP contribution is -1.98. The number of benzene rings is 2. The summed E-state index contributed by atoms with van der Waals surface area (Å²) in [5, 5.41) is 14.1. The summed E-state index contributed by atoms with van der Waals surface area (Å²) in [5.41, 5.74) is 4.87. The third kappa shape index (κ3) is 3.33. The van der Waals surface area contributed by atoms with Crippen molar-refractivity contribution in [2.45, 2.75) is 19.8 Å². The molecule has 2 heterocycles. The third-order valence-electron chi connectivity index (χ3n) is 4.72. The molecule has 0 atom stereocenters. The van der Waals surface area contributed by atoms with E-state index in [2.05, 4.69) is 20.8 Å². The normalized spacial score (nSPS) is 11.2. The number of carbonyl (C=O) groups is 1. The smallest absolute Gasteiger partial charge is 0.303 e. The summed E-state index contributed by atoms with van der Waals surface area (Å²) in [5.74, 6) is 0.209. The predicted molar refractivity (Wildman–Crippen MR) is 102 cm³/mol. The highest BCUT2D eigenvalue weighted by Crippen LogP contribution is 2.27. The number of aromatic nitrogens is 3. The van der Waals surface area contributed by atoms with E-state index < -0.39 is 5.97 Å². The van der Waals surface area contributed by atoms with E-state index in [1.807, 2.05) is 56.6 Å². The Bertz CT molecular complexity index is 1140. The van der Waals surface area contributed by atoms with Crippen LogP contribution in [-0.4, -0.2) is 25.8 Å². The standard InChI is InChI=1S/C21H19N3O3/c1-13-11-14(4-8-19(25)26)3-6-17(13)20-22-21(27-23-20)16-5-7-18-15(12-16)9-10-24(18)2/h3,5-7,9-12H,4,8H2,1-2H3,(H,25,26). The minimum Gasteiger partial charge on any atom is -0.481 e. The molecule has 6 heteroatoms. The lowest BCUT2D eigenvalue weighted by atomic mass is 10.0. The van der Waals surface area contributed by atoms with E-state index in [0.717, 1.165) is 33.2 Å². The fourth-order valence-electron chi connectivity index (χ4n) is 3.25. The van der Waals surface area contributed by atoms with Crippen molar-refractivity contribution in [3.05, 3.63) is 59.8 Å². The van der Waals surface area contributed by atoms with Crippen molar-refractivity contribution in [3.8, 4) is 22.8 Å². The molecule has 0 aliphatic heterocycles. The molecule has 27 heavy (non-hydrogen) atoms. The first-order chi connectivity index (χ1) is 13.0. The Morgan fingerprint density at radius 3 is 2.81 bits per heavy atom. The molecular formula is C21H19N3O3. The van der Waals surface area contributed by atoms with Crippen molar-refractivity contribution in [2.75, 3.05) is 0 Å². The Morgan fingerprint density at radius 2 is 2.04 bits per heavy atom. The molecule has 0 bridgehead atoms. The molecule has 4 rings (SSSR count). The molecule has 0 spiro atoms. The van der Waals surface area contributed by atoms with Crippen LogP contribution in [0.15, 0.2) is 53.2 Å². The monoisotopic (exact) mass is 361 g/mol. The van der Waals surface area contributed by atoms with E-state index in [4.69, 9.17) is 9.63 Å². The van der Waals surface area contributed by atoms with Crippen molar-refractivity contribution >= 4 is 16.9 Å². The number of fused-ring (bicyclic) bond motifs is 1. The van der Waals surface area contributed by atoms with Gasteiger partial charge in [-0.3, -0.25) is 4.79 Å². The molecule has 0 saturated heterocycles. The highest BCUT2D eigenvalue weighted by molar-refractivity contribution is 5.84. The summed E-state index contributed by atoms with van der Waals surface area (Å²) >= 11 is 0. The number of carboxylic acid groups (broad SMARTS) is 1. The summed E-state index contributed by atoms with van der Waals surface area (Å²) in [6.07, 6.45) is 2.64. The van der Waals surface area contributed by atoms with Crippen LogP contribution in [0.2, 0.25) is 0 Å². The van der Waals surface area contributed by atoms with E-state index in [1.165, 1.54) is 0 Å². The van der Waals surface area contributed by atoms with Crippen LogP contribution in [0, 0.1) is 6.92 Å². The first-order valence-electron chi connectivity index (χ1n) is 8.72. The van der Waals surface area contributed by atoms with E-state index in [-0.39, 0.29) is 6.42 Å². The quantitative estimate of drug-likeness (QED) is 0.575. The van der Waals surface area contributed by atoms with Gasteiger partial charge in [-0.25, -0.2) is 0 Å². The number of hydrogen-bond donors (Lipinski definition) is 1. The van der Waals surface area contributed by atoms with Gasteiger partial charge in [0.2, 0.25) is 5.82 Å². The lowest BCUT2D eigenvalue weighted by Gasteiger charge is -2.04. The fraction of sp³-hybridized carbons (Fsp3) is 0.190. The molecule has 2 aromatic carbocycles. The maximum atomic E-state index is 10.7. The third-order valence-corrected chi connectivity index (χ3v) is 4.72. The second kappa shape index (κ2) is 6.72. The Labute approximate surface area is 156 Å². The molecule has 1 N–H and O–H groups in total. The van der Waals surface area contributed by atoms with Crippen LogP contribution >= 0.6 is 0 Å². The van der Waals surface area contributed by atoms with Gasteiger partial charge in [0.05, 0.1) is 0 Å². The molecule has 0 amide bonds. The maximum absolute atomic E-state index is 10.7. The highest BCUT2D eigenvalue weighted by atomic mass is 16.5. The van der Waals surface area contributed by atoms with Gasteiger partial charge in [-0.1, -0.05) is 23.4 Å². The molecule has 0 aliphatic carbocycles. The van der Waals surface area contributed by atoms with Crippen molar-refractivity contribution in [3.63, 3.8) is 0 Å². The number of hydrogen-bond acceptors (Lipinski definition) is 4. The van der Waals surface area contributed by atoms with Crippen LogP contribution in [0.25, 0.3) is 33.7 Å².